The summed E-state index contributed by atoms with van der Waals surface area (Å²) in [4.78, 5) is 15.8. The Morgan fingerprint density at radius 1 is 1.00 bits per heavy atom. The SMILES string of the molecule is CC(C)CN1CCC1(C(=O)NCc1cccc2ccccc12)c1ccccc1. The van der Waals surface area contributed by atoms with Crippen LogP contribution in [-0.4, -0.2) is 23.9 Å². The van der Waals surface area contributed by atoms with Crippen LogP contribution in [-0.2, 0) is 16.9 Å². The highest BCUT2D eigenvalue weighted by Gasteiger charge is 2.51. The van der Waals surface area contributed by atoms with Gasteiger partial charge in [0, 0.05) is 19.6 Å². The zero-order valence-electron chi connectivity index (χ0n) is 16.7. The molecule has 3 aromatic carbocycles. The lowest BCUT2D eigenvalue weighted by Gasteiger charge is -2.52. The monoisotopic (exact) mass is 372 g/mol. The number of hydrogen-bond donors (Lipinski definition) is 1. The van der Waals surface area contributed by atoms with E-state index in [9.17, 15) is 4.79 Å². The summed E-state index contributed by atoms with van der Waals surface area (Å²) in [7, 11) is 0. The minimum atomic E-state index is -0.546. The van der Waals surface area contributed by atoms with Crippen molar-refractivity contribution in [2.75, 3.05) is 13.1 Å². The molecule has 0 bridgehead atoms. The Kier molecular flexibility index (Phi) is 5.19. The number of hydrogen-bond acceptors (Lipinski definition) is 2. The third-order valence-corrected chi connectivity index (χ3v) is 5.82. The van der Waals surface area contributed by atoms with Crippen molar-refractivity contribution in [3.8, 4) is 0 Å². The first-order chi connectivity index (χ1) is 13.6. The molecule has 1 aliphatic rings. The summed E-state index contributed by atoms with van der Waals surface area (Å²) < 4.78 is 0. The molecular formula is C25H28N2O. The van der Waals surface area contributed by atoms with Gasteiger partial charge < -0.3 is 5.32 Å². The van der Waals surface area contributed by atoms with Crippen molar-refractivity contribution in [1.29, 1.82) is 0 Å². The van der Waals surface area contributed by atoms with E-state index in [1.807, 2.05) is 24.3 Å². The zero-order chi connectivity index (χ0) is 19.6. The molecule has 3 nitrogen and oxygen atoms in total. The molecule has 0 aliphatic carbocycles. The maximum Gasteiger partial charge on any atom is 0.245 e. The van der Waals surface area contributed by atoms with E-state index in [0.29, 0.717) is 12.5 Å². The maximum atomic E-state index is 13.5. The number of nitrogens with zero attached hydrogens (tertiary/aromatic N) is 1. The molecular weight excluding hydrogens is 344 g/mol. The van der Waals surface area contributed by atoms with Crippen molar-refractivity contribution in [1.82, 2.24) is 10.2 Å². The number of amides is 1. The fraction of sp³-hybridized carbons (Fsp3) is 0.320. The summed E-state index contributed by atoms with van der Waals surface area (Å²) >= 11 is 0. The molecule has 0 saturated carbocycles. The largest absolute Gasteiger partial charge is 0.350 e. The van der Waals surface area contributed by atoms with Crippen LogP contribution in [0.4, 0.5) is 0 Å². The molecule has 4 rings (SSSR count). The van der Waals surface area contributed by atoms with E-state index in [-0.39, 0.29) is 5.91 Å². The summed E-state index contributed by atoms with van der Waals surface area (Å²) in [5.74, 6) is 0.632. The van der Waals surface area contributed by atoms with Gasteiger partial charge in [0.1, 0.15) is 5.54 Å². The highest BCUT2D eigenvalue weighted by atomic mass is 16.2. The smallest absolute Gasteiger partial charge is 0.245 e. The molecule has 1 unspecified atom stereocenters. The summed E-state index contributed by atoms with van der Waals surface area (Å²) in [6, 6.07) is 24.9. The number of fused-ring (bicyclic) bond motifs is 1. The average molecular weight is 373 g/mol. The summed E-state index contributed by atoms with van der Waals surface area (Å²) in [5.41, 5.74) is 1.71. The minimum absolute atomic E-state index is 0.110. The van der Waals surface area contributed by atoms with E-state index in [4.69, 9.17) is 0 Å². The van der Waals surface area contributed by atoms with Crippen LogP contribution < -0.4 is 5.32 Å². The van der Waals surface area contributed by atoms with Crippen molar-refractivity contribution in [3.05, 3.63) is 83.9 Å². The third-order valence-electron chi connectivity index (χ3n) is 5.82. The van der Waals surface area contributed by atoms with Crippen LogP contribution in [0.1, 0.15) is 31.4 Å². The van der Waals surface area contributed by atoms with E-state index in [1.165, 1.54) is 10.8 Å². The van der Waals surface area contributed by atoms with Gasteiger partial charge in [-0.2, -0.15) is 0 Å². The topological polar surface area (TPSA) is 32.3 Å². The Morgan fingerprint density at radius 2 is 1.71 bits per heavy atom. The fourth-order valence-electron chi connectivity index (χ4n) is 4.38. The van der Waals surface area contributed by atoms with Crippen LogP contribution in [0, 0.1) is 5.92 Å². The predicted molar refractivity (Wildman–Crippen MR) is 115 cm³/mol. The van der Waals surface area contributed by atoms with Gasteiger partial charge in [0.25, 0.3) is 0 Å². The molecule has 0 spiro atoms. The van der Waals surface area contributed by atoms with E-state index in [1.54, 1.807) is 0 Å². The first kappa shape index (κ1) is 18.7. The minimum Gasteiger partial charge on any atom is -0.350 e. The Bertz CT molecular complexity index is 961. The van der Waals surface area contributed by atoms with Crippen LogP contribution in [0.25, 0.3) is 10.8 Å². The highest BCUT2D eigenvalue weighted by Crippen LogP contribution is 2.41. The molecule has 0 aromatic heterocycles. The molecule has 3 aromatic rings. The average Bonchev–Trinajstić information content (AvgIpc) is 2.71. The summed E-state index contributed by atoms with van der Waals surface area (Å²) in [6.45, 7) is 6.86. The quantitative estimate of drug-likeness (QED) is 0.679. The fourth-order valence-corrected chi connectivity index (χ4v) is 4.38. The number of benzene rings is 3. The lowest BCUT2D eigenvalue weighted by atomic mass is 9.76. The van der Waals surface area contributed by atoms with Gasteiger partial charge in [-0.1, -0.05) is 86.6 Å². The van der Waals surface area contributed by atoms with E-state index in [2.05, 4.69) is 72.6 Å². The van der Waals surface area contributed by atoms with E-state index in [0.717, 1.165) is 30.6 Å². The van der Waals surface area contributed by atoms with Crippen molar-refractivity contribution >= 4 is 16.7 Å². The lowest BCUT2D eigenvalue weighted by Crippen LogP contribution is -2.65. The second kappa shape index (κ2) is 7.76. The van der Waals surface area contributed by atoms with Crippen molar-refractivity contribution < 1.29 is 4.79 Å². The summed E-state index contributed by atoms with van der Waals surface area (Å²) in [6.07, 6.45) is 0.866. The second-order valence-corrected chi connectivity index (χ2v) is 8.14. The van der Waals surface area contributed by atoms with Gasteiger partial charge in [-0.15, -0.1) is 0 Å². The third kappa shape index (κ3) is 3.31. The van der Waals surface area contributed by atoms with Gasteiger partial charge in [0.15, 0.2) is 0 Å². The maximum absolute atomic E-state index is 13.5. The Hall–Kier alpha value is -2.65. The lowest BCUT2D eigenvalue weighted by molar-refractivity contribution is -0.145. The van der Waals surface area contributed by atoms with E-state index >= 15 is 0 Å². The van der Waals surface area contributed by atoms with Gasteiger partial charge >= 0.3 is 0 Å². The van der Waals surface area contributed by atoms with Gasteiger partial charge in [-0.05, 0) is 34.2 Å². The number of carbonyl (C=O) groups is 1. The Morgan fingerprint density at radius 3 is 2.43 bits per heavy atom. The molecule has 28 heavy (non-hydrogen) atoms. The van der Waals surface area contributed by atoms with E-state index < -0.39 is 5.54 Å². The molecule has 0 radical (unpaired) electrons. The molecule has 1 amide bonds. The first-order valence-corrected chi connectivity index (χ1v) is 10.2. The molecule has 1 atom stereocenters. The number of likely N-dealkylation sites (tertiary alicyclic amines) is 1. The van der Waals surface area contributed by atoms with Gasteiger partial charge in [0.05, 0.1) is 0 Å². The highest BCUT2D eigenvalue weighted by molar-refractivity contribution is 5.90. The Labute approximate surface area is 167 Å². The Balaban J connectivity index is 1.60. The summed E-state index contributed by atoms with van der Waals surface area (Å²) in [5, 5.41) is 5.66. The van der Waals surface area contributed by atoms with Crippen molar-refractivity contribution in [2.24, 2.45) is 5.92 Å². The van der Waals surface area contributed by atoms with Crippen LogP contribution >= 0.6 is 0 Å². The molecule has 1 fully saturated rings. The normalized spacial score (nSPS) is 19.5. The predicted octanol–water partition coefficient (Wildman–Crippen LogP) is 4.71. The molecule has 3 heteroatoms. The van der Waals surface area contributed by atoms with Crippen LogP contribution in [0.5, 0.6) is 0 Å². The van der Waals surface area contributed by atoms with Gasteiger partial charge in [-0.3, -0.25) is 9.69 Å². The molecule has 1 aliphatic heterocycles. The molecule has 1 heterocycles. The van der Waals surface area contributed by atoms with Crippen LogP contribution in [0.3, 0.4) is 0 Å². The first-order valence-electron chi connectivity index (χ1n) is 10.2. The standard InChI is InChI=1S/C25H28N2O/c1-19(2)18-27-16-15-25(27,22-12-4-3-5-13-22)24(28)26-17-21-11-8-10-20-9-6-7-14-23(20)21/h3-14,19H,15-18H2,1-2H3,(H,26,28). The number of rotatable bonds is 6. The number of nitrogens with one attached hydrogen (secondary N) is 1. The molecule has 144 valence electrons. The molecule has 1 N–H and O–H groups in total. The van der Waals surface area contributed by atoms with Crippen molar-refractivity contribution in [2.45, 2.75) is 32.4 Å². The molecule has 1 saturated heterocycles. The van der Waals surface area contributed by atoms with Crippen LogP contribution in [0.15, 0.2) is 72.8 Å². The zero-order valence-corrected chi connectivity index (χ0v) is 16.7. The van der Waals surface area contributed by atoms with Gasteiger partial charge in [-0.25, -0.2) is 0 Å². The van der Waals surface area contributed by atoms with Crippen LogP contribution in [0.2, 0.25) is 0 Å². The second-order valence-electron chi connectivity index (χ2n) is 8.14. The number of carbonyl (C=O) groups excluding carboxylic acids is 1. The van der Waals surface area contributed by atoms with Gasteiger partial charge in [0.2, 0.25) is 5.91 Å². The van der Waals surface area contributed by atoms with Crippen molar-refractivity contribution in [3.63, 3.8) is 0 Å².